The van der Waals surface area contributed by atoms with Gasteiger partial charge in [0.05, 0.1) is 5.88 Å². The van der Waals surface area contributed by atoms with Gasteiger partial charge >= 0.3 is 12.1 Å². The number of halogens is 3. The first-order chi connectivity index (χ1) is 7.37. The third-order valence-corrected chi connectivity index (χ3v) is 3.24. The number of alkyl halides is 3. The molecule has 0 bridgehead atoms. The van der Waals surface area contributed by atoms with Crippen LogP contribution in [0.1, 0.15) is 12.8 Å². The van der Waals surface area contributed by atoms with E-state index >= 15 is 0 Å². The molecule has 1 aliphatic heterocycles. The van der Waals surface area contributed by atoms with Crippen molar-refractivity contribution in [2.75, 3.05) is 12.4 Å². The van der Waals surface area contributed by atoms with Gasteiger partial charge in [-0.3, -0.25) is 4.90 Å². The zero-order valence-electron chi connectivity index (χ0n) is 8.16. The van der Waals surface area contributed by atoms with Crippen molar-refractivity contribution >= 4 is 46.9 Å². The number of rotatable bonds is 3. The van der Waals surface area contributed by atoms with Crippen molar-refractivity contribution in [1.82, 2.24) is 4.90 Å². The fourth-order valence-electron chi connectivity index (χ4n) is 1.46. The minimum Gasteiger partial charge on any atom is -0.480 e. The van der Waals surface area contributed by atoms with Crippen molar-refractivity contribution in [2.45, 2.75) is 23.4 Å². The predicted molar refractivity (Wildman–Crippen MR) is 59.0 cm³/mol. The van der Waals surface area contributed by atoms with E-state index in [-0.39, 0.29) is 5.88 Å². The average Bonchev–Trinajstić information content (AvgIpc) is 2.65. The first-order valence-corrected chi connectivity index (χ1v) is 5.82. The molecule has 0 aromatic carbocycles. The van der Waals surface area contributed by atoms with Crippen LogP contribution in [0.15, 0.2) is 0 Å². The highest BCUT2D eigenvalue weighted by molar-refractivity contribution is 6.50. The molecular formula is C8H10Cl3NO4. The molecule has 0 aromatic heterocycles. The molecule has 0 unspecified atom stereocenters. The Morgan fingerprint density at radius 3 is 2.62 bits per heavy atom. The highest BCUT2D eigenvalue weighted by atomic mass is 35.5. The molecular weight excluding hydrogens is 280 g/mol. The maximum absolute atomic E-state index is 11.5. The van der Waals surface area contributed by atoms with Crippen molar-refractivity contribution < 1.29 is 19.4 Å². The molecule has 1 aliphatic rings. The van der Waals surface area contributed by atoms with E-state index < -0.39 is 22.6 Å². The van der Waals surface area contributed by atoms with Crippen molar-refractivity contribution in [1.29, 1.82) is 0 Å². The van der Waals surface area contributed by atoms with Crippen molar-refractivity contribution in [2.24, 2.45) is 0 Å². The quantitative estimate of drug-likeness (QED) is 0.808. The number of aliphatic carboxylic acids is 1. The molecule has 1 rings (SSSR count). The number of carbonyl (C=O) groups is 2. The summed E-state index contributed by atoms with van der Waals surface area (Å²) in [5, 5.41) is 8.85. The van der Waals surface area contributed by atoms with Crippen LogP contribution in [0.4, 0.5) is 4.79 Å². The first kappa shape index (κ1) is 13.7. The minimum atomic E-state index is -1.83. The minimum absolute atomic E-state index is 0.298. The van der Waals surface area contributed by atoms with Crippen LogP contribution >= 0.6 is 34.8 Å². The van der Waals surface area contributed by atoms with Gasteiger partial charge in [-0.2, -0.15) is 0 Å². The summed E-state index contributed by atoms with van der Waals surface area (Å²) in [5.74, 6) is -1.37. The summed E-state index contributed by atoms with van der Waals surface area (Å²) >= 11 is 16.4. The Balaban J connectivity index is 2.63. The second-order valence-corrected chi connectivity index (χ2v) is 5.01. The van der Waals surface area contributed by atoms with Gasteiger partial charge in [-0.1, -0.05) is 23.2 Å². The number of carboxylic acids is 1. The molecule has 1 N–H and O–H groups in total. The van der Waals surface area contributed by atoms with E-state index in [1.54, 1.807) is 0 Å². The Labute approximate surface area is 107 Å². The Morgan fingerprint density at radius 1 is 1.50 bits per heavy atom. The number of ether oxygens (including phenoxy) is 1. The third-order valence-electron chi connectivity index (χ3n) is 2.16. The number of hydrogen-bond acceptors (Lipinski definition) is 3. The molecule has 0 aromatic rings. The number of hydrogen-bond donors (Lipinski definition) is 1. The molecule has 1 atom stereocenters. The third kappa shape index (κ3) is 3.30. The maximum atomic E-state index is 11.5. The SMILES string of the molecule is O=C(O)[C@@H]1CCCN1C(=O)OC(Cl)(Cl)CCl. The molecule has 0 spiro atoms. The standard InChI is InChI=1S/C8H10Cl3NO4/c9-4-8(10,11)16-7(15)12-3-1-2-5(12)6(13)14/h5H,1-4H2,(H,13,14)/t5-/m0/s1. The molecule has 5 nitrogen and oxygen atoms in total. The van der Waals surface area contributed by atoms with Crippen LogP contribution in [0.3, 0.4) is 0 Å². The van der Waals surface area contributed by atoms with Gasteiger partial charge in [0, 0.05) is 6.54 Å². The molecule has 1 amide bonds. The summed E-state index contributed by atoms with van der Waals surface area (Å²) in [6, 6.07) is -0.882. The van der Waals surface area contributed by atoms with E-state index in [2.05, 4.69) is 4.74 Å². The van der Waals surface area contributed by atoms with Gasteiger partial charge < -0.3 is 9.84 Å². The van der Waals surface area contributed by atoms with Gasteiger partial charge in [-0.25, -0.2) is 9.59 Å². The second-order valence-electron chi connectivity index (χ2n) is 3.33. The summed E-state index contributed by atoms with van der Waals surface area (Å²) in [6.07, 6.45) is 0.128. The molecule has 16 heavy (non-hydrogen) atoms. The molecule has 1 fully saturated rings. The summed E-state index contributed by atoms with van der Waals surface area (Å²) in [6.45, 7) is 0.307. The molecule has 0 radical (unpaired) electrons. The van der Waals surface area contributed by atoms with Crippen molar-refractivity contribution in [3.8, 4) is 0 Å². The van der Waals surface area contributed by atoms with Crippen LogP contribution in [0.2, 0.25) is 0 Å². The Hall–Kier alpha value is -0.390. The van der Waals surface area contributed by atoms with Crippen molar-refractivity contribution in [3.63, 3.8) is 0 Å². The highest BCUT2D eigenvalue weighted by Gasteiger charge is 2.38. The molecule has 0 aliphatic carbocycles. The lowest BCUT2D eigenvalue weighted by molar-refractivity contribution is -0.141. The predicted octanol–water partition coefficient (Wildman–Crippen LogP) is 2.04. The van der Waals surface area contributed by atoms with Gasteiger partial charge in [-0.15, -0.1) is 11.6 Å². The monoisotopic (exact) mass is 289 g/mol. The first-order valence-electron chi connectivity index (χ1n) is 4.53. The van der Waals surface area contributed by atoms with Gasteiger partial charge in [0.2, 0.25) is 0 Å². The Bertz CT molecular complexity index is 297. The van der Waals surface area contributed by atoms with Gasteiger partial charge in [0.15, 0.2) is 0 Å². The average molecular weight is 291 g/mol. The summed E-state index contributed by atoms with van der Waals surface area (Å²) < 4.78 is 2.84. The van der Waals surface area contributed by atoms with E-state index in [1.807, 2.05) is 0 Å². The van der Waals surface area contributed by atoms with E-state index in [4.69, 9.17) is 39.9 Å². The molecule has 1 saturated heterocycles. The second kappa shape index (κ2) is 5.29. The summed E-state index contributed by atoms with van der Waals surface area (Å²) in [4.78, 5) is 23.4. The van der Waals surface area contributed by atoms with Gasteiger partial charge in [-0.05, 0) is 12.8 Å². The van der Waals surface area contributed by atoms with Crippen LogP contribution in [0, 0.1) is 0 Å². The van der Waals surface area contributed by atoms with Gasteiger partial charge in [0.25, 0.3) is 4.52 Å². The summed E-state index contributed by atoms with van der Waals surface area (Å²) in [5.41, 5.74) is 0. The van der Waals surface area contributed by atoms with Crippen LogP contribution < -0.4 is 0 Å². The summed E-state index contributed by atoms with van der Waals surface area (Å²) in [7, 11) is 0. The van der Waals surface area contributed by atoms with E-state index in [1.165, 1.54) is 0 Å². The van der Waals surface area contributed by atoms with Crippen LogP contribution in [0.25, 0.3) is 0 Å². The smallest absolute Gasteiger partial charge is 0.413 e. The van der Waals surface area contributed by atoms with E-state index in [9.17, 15) is 9.59 Å². The maximum Gasteiger partial charge on any atom is 0.413 e. The lowest BCUT2D eigenvalue weighted by atomic mass is 10.2. The Kier molecular flexibility index (Phi) is 4.52. The molecule has 1 heterocycles. The fraction of sp³-hybridized carbons (Fsp3) is 0.750. The number of nitrogens with zero attached hydrogens (tertiary/aromatic N) is 1. The van der Waals surface area contributed by atoms with E-state index in [0.29, 0.717) is 19.4 Å². The molecule has 0 saturated carbocycles. The number of amides is 1. The number of carbonyl (C=O) groups excluding carboxylic acids is 1. The largest absolute Gasteiger partial charge is 0.480 e. The zero-order chi connectivity index (χ0) is 12.3. The van der Waals surface area contributed by atoms with Crippen molar-refractivity contribution in [3.05, 3.63) is 0 Å². The lowest BCUT2D eigenvalue weighted by Crippen LogP contribution is -2.43. The van der Waals surface area contributed by atoms with Gasteiger partial charge in [0.1, 0.15) is 6.04 Å². The van der Waals surface area contributed by atoms with Crippen LogP contribution in [-0.2, 0) is 9.53 Å². The lowest BCUT2D eigenvalue weighted by Gasteiger charge is -2.24. The number of carboxylic acid groups (broad SMARTS) is 1. The molecule has 92 valence electrons. The Morgan fingerprint density at radius 2 is 2.12 bits per heavy atom. The topological polar surface area (TPSA) is 66.8 Å². The normalized spacial score (nSPS) is 20.9. The fourth-order valence-corrected chi connectivity index (χ4v) is 1.64. The zero-order valence-corrected chi connectivity index (χ0v) is 10.4. The van der Waals surface area contributed by atoms with Crippen LogP contribution in [-0.4, -0.2) is 45.1 Å². The van der Waals surface area contributed by atoms with E-state index in [0.717, 1.165) is 4.90 Å². The molecule has 8 heteroatoms. The number of likely N-dealkylation sites (tertiary alicyclic amines) is 1. The highest BCUT2D eigenvalue weighted by Crippen LogP contribution is 2.27. The van der Waals surface area contributed by atoms with Crippen LogP contribution in [0.5, 0.6) is 0 Å².